The highest BCUT2D eigenvalue weighted by molar-refractivity contribution is 5.96. The molecule has 3 aromatic rings. The monoisotopic (exact) mass is 460 g/mol. The molecular formula is C28H28O6. The molecule has 1 saturated heterocycles. The third kappa shape index (κ3) is 5.97. The lowest BCUT2D eigenvalue weighted by molar-refractivity contribution is -0.156. The van der Waals surface area contributed by atoms with Crippen molar-refractivity contribution in [2.75, 3.05) is 27.4 Å². The molecule has 1 atom stereocenters. The molecule has 0 radical (unpaired) electrons. The van der Waals surface area contributed by atoms with E-state index in [0.29, 0.717) is 24.4 Å². The predicted octanol–water partition coefficient (Wildman–Crippen LogP) is 5.07. The molecule has 0 N–H and O–H groups in total. The number of carbonyl (C=O) groups is 1. The van der Waals surface area contributed by atoms with E-state index in [2.05, 4.69) is 0 Å². The summed E-state index contributed by atoms with van der Waals surface area (Å²) in [5.41, 5.74) is 1.54. The normalized spacial score (nSPS) is 18.5. The summed E-state index contributed by atoms with van der Waals surface area (Å²) in [4.78, 5) is 12.8. The van der Waals surface area contributed by atoms with E-state index in [0.717, 1.165) is 22.6 Å². The van der Waals surface area contributed by atoms with Crippen LogP contribution in [0.3, 0.4) is 0 Å². The molecule has 0 spiro atoms. The lowest BCUT2D eigenvalue weighted by Crippen LogP contribution is -2.40. The lowest BCUT2D eigenvalue weighted by atomic mass is 9.97. The number of rotatable bonds is 10. The molecule has 1 heterocycles. The second-order valence-electron chi connectivity index (χ2n) is 8.14. The first-order valence-corrected chi connectivity index (χ1v) is 11.1. The van der Waals surface area contributed by atoms with Gasteiger partial charge in [0.15, 0.2) is 5.60 Å². The van der Waals surface area contributed by atoms with Crippen molar-refractivity contribution in [3.05, 3.63) is 95.6 Å². The van der Waals surface area contributed by atoms with Crippen LogP contribution in [0.2, 0.25) is 0 Å². The molecule has 1 aliphatic rings. The largest absolute Gasteiger partial charge is 0.497 e. The maximum absolute atomic E-state index is 12.8. The van der Waals surface area contributed by atoms with Gasteiger partial charge in [0.05, 0.1) is 27.4 Å². The molecule has 6 heteroatoms. The number of esters is 1. The highest BCUT2D eigenvalue weighted by Gasteiger charge is 2.45. The fourth-order valence-corrected chi connectivity index (χ4v) is 3.78. The molecule has 0 saturated carbocycles. The highest BCUT2D eigenvalue weighted by Crippen LogP contribution is 2.34. The SMILES string of the molecule is COc1ccc(OCC2(COCc3ccccc3)C/C(=C\c3cccc(OC)c3)C(=O)O2)cc1. The van der Waals surface area contributed by atoms with E-state index in [9.17, 15) is 4.79 Å². The first-order valence-electron chi connectivity index (χ1n) is 11.1. The van der Waals surface area contributed by atoms with Crippen molar-refractivity contribution < 1.29 is 28.5 Å². The van der Waals surface area contributed by atoms with E-state index in [1.54, 1.807) is 14.2 Å². The van der Waals surface area contributed by atoms with Crippen molar-refractivity contribution in [3.63, 3.8) is 0 Å². The van der Waals surface area contributed by atoms with Crippen LogP contribution in [-0.4, -0.2) is 39.0 Å². The Labute approximate surface area is 199 Å². The standard InChI is InChI=1S/C28H28O6/c1-30-24-11-13-25(14-12-24)33-20-28(19-32-18-21-7-4-3-5-8-21)17-23(27(29)34-28)15-22-9-6-10-26(16-22)31-2/h3-16H,17-20H2,1-2H3/b23-15+. The number of cyclic esters (lactones) is 1. The molecule has 0 bridgehead atoms. The van der Waals surface area contributed by atoms with Crippen LogP contribution in [0.4, 0.5) is 0 Å². The number of hydrogen-bond donors (Lipinski definition) is 0. The van der Waals surface area contributed by atoms with Gasteiger partial charge in [0, 0.05) is 12.0 Å². The molecule has 4 rings (SSSR count). The van der Waals surface area contributed by atoms with E-state index in [-0.39, 0.29) is 19.2 Å². The Morgan fingerprint density at radius 1 is 0.853 bits per heavy atom. The Morgan fingerprint density at radius 3 is 2.32 bits per heavy atom. The number of benzene rings is 3. The first-order chi connectivity index (χ1) is 16.6. The Bertz CT molecular complexity index is 1120. The third-order valence-corrected chi connectivity index (χ3v) is 5.56. The molecule has 0 aliphatic carbocycles. The van der Waals surface area contributed by atoms with Crippen molar-refractivity contribution >= 4 is 12.0 Å². The van der Waals surface area contributed by atoms with Crippen molar-refractivity contribution in [2.24, 2.45) is 0 Å². The van der Waals surface area contributed by atoms with Crippen molar-refractivity contribution in [2.45, 2.75) is 18.6 Å². The molecule has 34 heavy (non-hydrogen) atoms. The van der Waals surface area contributed by atoms with Crippen LogP contribution in [0.25, 0.3) is 6.08 Å². The van der Waals surface area contributed by atoms with Crippen LogP contribution in [0.15, 0.2) is 84.4 Å². The zero-order valence-corrected chi connectivity index (χ0v) is 19.4. The lowest BCUT2D eigenvalue weighted by Gasteiger charge is -2.27. The predicted molar refractivity (Wildman–Crippen MR) is 129 cm³/mol. The van der Waals surface area contributed by atoms with Crippen molar-refractivity contribution in [1.82, 2.24) is 0 Å². The summed E-state index contributed by atoms with van der Waals surface area (Å²) in [6.07, 6.45) is 2.20. The number of ether oxygens (including phenoxy) is 5. The summed E-state index contributed by atoms with van der Waals surface area (Å²) in [7, 11) is 3.23. The van der Waals surface area contributed by atoms with Crippen molar-refractivity contribution in [1.29, 1.82) is 0 Å². The van der Waals surface area contributed by atoms with Gasteiger partial charge in [-0.2, -0.15) is 0 Å². The minimum Gasteiger partial charge on any atom is -0.497 e. The van der Waals surface area contributed by atoms with Crippen LogP contribution >= 0.6 is 0 Å². The number of hydrogen-bond acceptors (Lipinski definition) is 6. The Kier molecular flexibility index (Phi) is 7.50. The van der Waals surface area contributed by atoms with Gasteiger partial charge in [-0.1, -0.05) is 42.5 Å². The van der Waals surface area contributed by atoms with Crippen LogP contribution in [-0.2, 0) is 20.9 Å². The summed E-state index contributed by atoms with van der Waals surface area (Å²) in [6.45, 7) is 0.784. The quantitative estimate of drug-likeness (QED) is 0.311. The third-order valence-electron chi connectivity index (χ3n) is 5.56. The average Bonchev–Trinajstić information content (AvgIpc) is 3.18. The molecule has 1 aliphatic heterocycles. The highest BCUT2D eigenvalue weighted by atomic mass is 16.6. The smallest absolute Gasteiger partial charge is 0.334 e. The van der Waals surface area contributed by atoms with Gasteiger partial charge in [0.1, 0.15) is 23.9 Å². The van der Waals surface area contributed by atoms with Gasteiger partial charge in [0.25, 0.3) is 0 Å². The zero-order valence-electron chi connectivity index (χ0n) is 19.4. The van der Waals surface area contributed by atoms with E-state index in [4.69, 9.17) is 23.7 Å². The topological polar surface area (TPSA) is 63.2 Å². The van der Waals surface area contributed by atoms with Crippen LogP contribution in [0.1, 0.15) is 17.5 Å². The molecule has 3 aromatic carbocycles. The van der Waals surface area contributed by atoms with E-state index < -0.39 is 5.60 Å². The Balaban J connectivity index is 1.51. The first kappa shape index (κ1) is 23.4. The van der Waals surface area contributed by atoms with Crippen LogP contribution < -0.4 is 14.2 Å². The van der Waals surface area contributed by atoms with Gasteiger partial charge in [0.2, 0.25) is 0 Å². The molecule has 1 fully saturated rings. The van der Waals surface area contributed by atoms with Gasteiger partial charge in [-0.05, 0) is 53.6 Å². The number of carbonyl (C=O) groups excluding carboxylic acids is 1. The minimum atomic E-state index is -0.934. The molecule has 176 valence electrons. The molecule has 0 amide bonds. The van der Waals surface area contributed by atoms with E-state index in [1.807, 2.05) is 84.9 Å². The summed E-state index contributed by atoms with van der Waals surface area (Å²) in [5.74, 6) is 1.75. The molecule has 1 unspecified atom stereocenters. The summed E-state index contributed by atoms with van der Waals surface area (Å²) < 4.78 is 28.4. The van der Waals surface area contributed by atoms with Crippen molar-refractivity contribution in [3.8, 4) is 17.2 Å². The maximum atomic E-state index is 12.8. The van der Waals surface area contributed by atoms with Gasteiger partial charge >= 0.3 is 5.97 Å². The van der Waals surface area contributed by atoms with Gasteiger partial charge in [-0.3, -0.25) is 0 Å². The van der Waals surface area contributed by atoms with Crippen LogP contribution in [0, 0.1) is 0 Å². The average molecular weight is 461 g/mol. The fraction of sp³-hybridized carbons (Fsp3) is 0.250. The second-order valence-corrected chi connectivity index (χ2v) is 8.14. The summed E-state index contributed by atoms with van der Waals surface area (Å²) >= 11 is 0. The minimum absolute atomic E-state index is 0.162. The van der Waals surface area contributed by atoms with E-state index in [1.165, 1.54) is 0 Å². The zero-order chi connectivity index (χ0) is 23.8. The Hall–Kier alpha value is -3.77. The van der Waals surface area contributed by atoms with Crippen LogP contribution in [0.5, 0.6) is 17.2 Å². The maximum Gasteiger partial charge on any atom is 0.334 e. The molecular weight excluding hydrogens is 432 g/mol. The van der Waals surface area contributed by atoms with Gasteiger partial charge in [-0.25, -0.2) is 4.79 Å². The van der Waals surface area contributed by atoms with Gasteiger partial charge in [-0.15, -0.1) is 0 Å². The second kappa shape index (κ2) is 10.9. The summed E-state index contributed by atoms with van der Waals surface area (Å²) in [6, 6.07) is 24.7. The molecule has 0 aromatic heterocycles. The molecule has 6 nitrogen and oxygen atoms in total. The fourth-order valence-electron chi connectivity index (χ4n) is 3.78. The van der Waals surface area contributed by atoms with Gasteiger partial charge < -0.3 is 23.7 Å². The van der Waals surface area contributed by atoms with E-state index >= 15 is 0 Å². The Morgan fingerprint density at radius 2 is 1.59 bits per heavy atom. The number of methoxy groups -OCH3 is 2. The summed E-state index contributed by atoms with van der Waals surface area (Å²) in [5, 5.41) is 0.